The zero-order valence-corrected chi connectivity index (χ0v) is 10.4. The van der Waals surface area contributed by atoms with Gasteiger partial charge in [-0.05, 0) is 30.7 Å². The Hall–Kier alpha value is -1.88. The average molecular weight is 247 g/mol. The molecular formula is C13H17N3O2. The van der Waals surface area contributed by atoms with Crippen LogP contribution >= 0.6 is 0 Å². The fourth-order valence-electron chi connectivity index (χ4n) is 1.90. The number of anilines is 1. The van der Waals surface area contributed by atoms with Crippen molar-refractivity contribution < 1.29 is 9.59 Å². The van der Waals surface area contributed by atoms with Crippen molar-refractivity contribution in [2.75, 3.05) is 18.0 Å². The standard InChI is InChI=1S/C13H17N3O2/c1-2-6-14-8-10-4-3-5-11(7-10)16-12(17)9-15-13(16)18/h3-5,7,14H,2,6,8-9H2,1H3,(H,15,18). The van der Waals surface area contributed by atoms with Crippen LogP contribution < -0.4 is 15.5 Å². The molecule has 1 aliphatic rings. The van der Waals surface area contributed by atoms with Gasteiger partial charge in [0.1, 0.15) is 0 Å². The fraction of sp³-hybridized carbons (Fsp3) is 0.385. The van der Waals surface area contributed by atoms with E-state index in [0.29, 0.717) is 5.69 Å². The number of urea groups is 1. The molecule has 2 N–H and O–H groups in total. The second-order valence-corrected chi connectivity index (χ2v) is 4.23. The van der Waals surface area contributed by atoms with Crippen LogP contribution in [0.4, 0.5) is 10.5 Å². The Kier molecular flexibility index (Phi) is 3.94. The number of nitrogens with zero attached hydrogens (tertiary/aromatic N) is 1. The van der Waals surface area contributed by atoms with E-state index >= 15 is 0 Å². The van der Waals surface area contributed by atoms with Crippen molar-refractivity contribution in [1.29, 1.82) is 0 Å². The summed E-state index contributed by atoms with van der Waals surface area (Å²) in [4.78, 5) is 24.3. The first-order valence-corrected chi connectivity index (χ1v) is 6.13. The van der Waals surface area contributed by atoms with Crippen molar-refractivity contribution in [3.63, 3.8) is 0 Å². The Balaban J connectivity index is 2.11. The normalized spacial score (nSPS) is 15.1. The van der Waals surface area contributed by atoms with Crippen molar-refractivity contribution in [3.8, 4) is 0 Å². The van der Waals surface area contributed by atoms with Crippen LogP contribution in [0.25, 0.3) is 0 Å². The molecule has 96 valence electrons. The summed E-state index contributed by atoms with van der Waals surface area (Å²) in [7, 11) is 0. The molecule has 0 saturated carbocycles. The highest BCUT2D eigenvalue weighted by Crippen LogP contribution is 2.18. The van der Waals surface area contributed by atoms with E-state index < -0.39 is 0 Å². The second-order valence-electron chi connectivity index (χ2n) is 4.23. The van der Waals surface area contributed by atoms with E-state index in [0.717, 1.165) is 25.1 Å². The van der Waals surface area contributed by atoms with Gasteiger partial charge in [-0.3, -0.25) is 4.79 Å². The third-order valence-electron chi connectivity index (χ3n) is 2.77. The Labute approximate surface area is 106 Å². The van der Waals surface area contributed by atoms with E-state index in [4.69, 9.17) is 0 Å². The number of hydrogen-bond acceptors (Lipinski definition) is 3. The van der Waals surface area contributed by atoms with E-state index in [-0.39, 0.29) is 18.5 Å². The van der Waals surface area contributed by atoms with Crippen LogP contribution in [0.15, 0.2) is 24.3 Å². The zero-order valence-electron chi connectivity index (χ0n) is 10.4. The topological polar surface area (TPSA) is 61.4 Å². The summed E-state index contributed by atoms with van der Waals surface area (Å²) >= 11 is 0. The van der Waals surface area contributed by atoms with Crippen molar-refractivity contribution in [1.82, 2.24) is 10.6 Å². The van der Waals surface area contributed by atoms with Gasteiger partial charge in [0.2, 0.25) is 0 Å². The van der Waals surface area contributed by atoms with Gasteiger partial charge in [-0.1, -0.05) is 19.1 Å². The van der Waals surface area contributed by atoms with Crippen molar-refractivity contribution in [2.45, 2.75) is 19.9 Å². The number of carbonyl (C=O) groups is 2. The summed E-state index contributed by atoms with van der Waals surface area (Å²) in [5.74, 6) is -0.210. The first-order chi connectivity index (χ1) is 8.72. The summed E-state index contributed by atoms with van der Waals surface area (Å²) in [6.07, 6.45) is 1.08. The lowest BCUT2D eigenvalue weighted by Gasteiger charge is -2.13. The van der Waals surface area contributed by atoms with Gasteiger partial charge < -0.3 is 10.6 Å². The van der Waals surface area contributed by atoms with Crippen LogP contribution in [0.1, 0.15) is 18.9 Å². The van der Waals surface area contributed by atoms with Crippen LogP contribution in [-0.2, 0) is 11.3 Å². The van der Waals surface area contributed by atoms with Gasteiger partial charge in [-0.25, -0.2) is 9.69 Å². The SMILES string of the molecule is CCCNCc1cccc(N2C(=O)CNC2=O)c1. The Morgan fingerprint density at radius 2 is 2.22 bits per heavy atom. The molecule has 5 heteroatoms. The molecule has 18 heavy (non-hydrogen) atoms. The van der Waals surface area contributed by atoms with Gasteiger partial charge in [-0.2, -0.15) is 0 Å². The molecule has 1 aromatic rings. The molecule has 3 amide bonds. The number of hydrogen-bond donors (Lipinski definition) is 2. The molecule has 1 fully saturated rings. The minimum absolute atomic E-state index is 0.0805. The molecule has 0 bridgehead atoms. The van der Waals surface area contributed by atoms with Crippen molar-refractivity contribution >= 4 is 17.6 Å². The van der Waals surface area contributed by atoms with Gasteiger partial charge in [-0.15, -0.1) is 0 Å². The number of rotatable bonds is 5. The highest BCUT2D eigenvalue weighted by Gasteiger charge is 2.29. The van der Waals surface area contributed by atoms with Crippen LogP contribution in [0.2, 0.25) is 0 Å². The van der Waals surface area contributed by atoms with Gasteiger partial charge in [0.25, 0.3) is 5.91 Å². The zero-order chi connectivity index (χ0) is 13.0. The molecule has 0 radical (unpaired) electrons. The van der Waals surface area contributed by atoms with Crippen molar-refractivity contribution in [3.05, 3.63) is 29.8 Å². The second kappa shape index (κ2) is 5.64. The first kappa shape index (κ1) is 12.6. The number of nitrogens with one attached hydrogen (secondary N) is 2. The molecule has 5 nitrogen and oxygen atoms in total. The maximum absolute atomic E-state index is 11.6. The summed E-state index contributed by atoms with van der Waals surface area (Å²) in [5.41, 5.74) is 1.69. The third kappa shape index (κ3) is 2.68. The largest absolute Gasteiger partial charge is 0.329 e. The Morgan fingerprint density at radius 3 is 2.89 bits per heavy atom. The van der Waals surface area contributed by atoms with Gasteiger partial charge in [0.05, 0.1) is 12.2 Å². The van der Waals surface area contributed by atoms with Crippen molar-refractivity contribution in [2.24, 2.45) is 0 Å². The Morgan fingerprint density at radius 1 is 1.39 bits per heavy atom. The molecule has 0 spiro atoms. The van der Waals surface area contributed by atoms with Crippen LogP contribution in [-0.4, -0.2) is 25.0 Å². The molecular weight excluding hydrogens is 230 g/mol. The molecule has 1 aliphatic heterocycles. The molecule has 0 atom stereocenters. The summed E-state index contributed by atoms with van der Waals surface area (Å²) in [5, 5.41) is 5.80. The highest BCUT2D eigenvalue weighted by atomic mass is 16.2. The summed E-state index contributed by atoms with van der Waals surface area (Å²) < 4.78 is 0. The average Bonchev–Trinajstić information content (AvgIpc) is 2.70. The highest BCUT2D eigenvalue weighted by molar-refractivity contribution is 6.19. The van der Waals surface area contributed by atoms with E-state index in [1.54, 1.807) is 6.07 Å². The van der Waals surface area contributed by atoms with E-state index in [1.807, 2.05) is 18.2 Å². The van der Waals surface area contributed by atoms with Gasteiger partial charge in [0.15, 0.2) is 0 Å². The lowest BCUT2D eigenvalue weighted by atomic mass is 10.2. The molecule has 2 rings (SSSR count). The molecule has 0 aromatic heterocycles. The number of carbonyl (C=O) groups excluding carboxylic acids is 2. The molecule has 1 heterocycles. The van der Waals surface area contributed by atoms with Crippen LogP contribution in [0.3, 0.4) is 0 Å². The quantitative estimate of drug-likeness (QED) is 0.608. The number of imide groups is 1. The van der Waals surface area contributed by atoms with E-state index in [1.165, 1.54) is 4.90 Å². The number of amides is 3. The smallest absolute Gasteiger partial charge is 0.328 e. The third-order valence-corrected chi connectivity index (χ3v) is 2.77. The number of benzene rings is 1. The van der Waals surface area contributed by atoms with Crippen LogP contribution in [0, 0.1) is 0 Å². The van der Waals surface area contributed by atoms with E-state index in [9.17, 15) is 9.59 Å². The molecule has 1 saturated heterocycles. The minimum atomic E-state index is -0.348. The van der Waals surface area contributed by atoms with E-state index in [2.05, 4.69) is 17.6 Å². The van der Waals surface area contributed by atoms with Crippen LogP contribution in [0.5, 0.6) is 0 Å². The minimum Gasteiger partial charge on any atom is -0.328 e. The predicted molar refractivity (Wildman–Crippen MR) is 69.3 cm³/mol. The molecule has 0 aliphatic carbocycles. The van der Waals surface area contributed by atoms with Gasteiger partial charge in [0, 0.05) is 6.54 Å². The monoisotopic (exact) mass is 247 g/mol. The first-order valence-electron chi connectivity index (χ1n) is 6.13. The molecule has 0 unspecified atom stereocenters. The van der Waals surface area contributed by atoms with Gasteiger partial charge >= 0.3 is 6.03 Å². The summed E-state index contributed by atoms with van der Waals surface area (Å²) in [6, 6.07) is 7.12. The lowest BCUT2D eigenvalue weighted by molar-refractivity contribution is -0.115. The fourth-order valence-corrected chi connectivity index (χ4v) is 1.90. The Bertz CT molecular complexity index is 443. The maximum atomic E-state index is 11.6. The lowest BCUT2D eigenvalue weighted by Crippen LogP contribution is -2.30. The predicted octanol–water partition coefficient (Wildman–Crippen LogP) is 1.24. The summed E-state index contributed by atoms with van der Waals surface area (Å²) in [6.45, 7) is 3.88. The maximum Gasteiger partial charge on any atom is 0.329 e. The molecule has 1 aromatic carbocycles.